The van der Waals surface area contributed by atoms with Crippen LogP contribution in [0.2, 0.25) is 5.02 Å². The SMILES string of the molecule is O=C(Nc1ccc(C(=O)O)s1)c1cc(Cl)cc(Br)c1. The number of carbonyl (C=O) groups excluding carboxylic acids is 1. The van der Waals surface area contributed by atoms with E-state index in [9.17, 15) is 9.59 Å². The van der Waals surface area contributed by atoms with E-state index in [1.807, 2.05) is 0 Å². The lowest BCUT2D eigenvalue weighted by atomic mass is 10.2. The van der Waals surface area contributed by atoms with Gasteiger partial charge in [-0.1, -0.05) is 27.5 Å². The van der Waals surface area contributed by atoms with Crippen LogP contribution in [0.25, 0.3) is 0 Å². The Hall–Kier alpha value is -1.37. The molecule has 4 nitrogen and oxygen atoms in total. The summed E-state index contributed by atoms with van der Waals surface area (Å²) in [6, 6.07) is 7.83. The maximum Gasteiger partial charge on any atom is 0.345 e. The average molecular weight is 361 g/mol. The predicted molar refractivity (Wildman–Crippen MR) is 78.4 cm³/mol. The smallest absolute Gasteiger partial charge is 0.345 e. The number of hydrogen-bond donors (Lipinski definition) is 2. The van der Waals surface area contributed by atoms with Crippen LogP contribution in [0.5, 0.6) is 0 Å². The molecule has 0 saturated carbocycles. The van der Waals surface area contributed by atoms with Crippen molar-refractivity contribution in [3.63, 3.8) is 0 Å². The van der Waals surface area contributed by atoms with Gasteiger partial charge in [0.25, 0.3) is 5.91 Å². The number of amides is 1. The molecule has 0 bridgehead atoms. The number of carboxylic acids is 1. The van der Waals surface area contributed by atoms with Crippen molar-refractivity contribution >= 4 is 55.7 Å². The summed E-state index contributed by atoms with van der Waals surface area (Å²) in [6.45, 7) is 0. The minimum Gasteiger partial charge on any atom is -0.477 e. The lowest BCUT2D eigenvalue weighted by Crippen LogP contribution is -2.10. The first-order valence-corrected chi connectivity index (χ1v) is 7.05. The number of nitrogens with one attached hydrogen (secondary N) is 1. The highest BCUT2D eigenvalue weighted by atomic mass is 79.9. The average Bonchev–Trinajstić information content (AvgIpc) is 2.76. The highest BCUT2D eigenvalue weighted by Crippen LogP contribution is 2.24. The van der Waals surface area contributed by atoms with Crippen LogP contribution in [0.3, 0.4) is 0 Å². The van der Waals surface area contributed by atoms with Crippen LogP contribution in [-0.4, -0.2) is 17.0 Å². The first-order valence-electron chi connectivity index (χ1n) is 5.06. The van der Waals surface area contributed by atoms with Gasteiger partial charge in [0.1, 0.15) is 4.88 Å². The number of rotatable bonds is 3. The Morgan fingerprint density at radius 2 is 2.00 bits per heavy atom. The van der Waals surface area contributed by atoms with E-state index in [1.54, 1.807) is 18.2 Å². The minimum atomic E-state index is -1.02. The van der Waals surface area contributed by atoms with Gasteiger partial charge in [0.2, 0.25) is 0 Å². The maximum absolute atomic E-state index is 12.0. The van der Waals surface area contributed by atoms with Crippen LogP contribution in [0, 0.1) is 0 Å². The number of benzene rings is 1. The van der Waals surface area contributed by atoms with E-state index in [2.05, 4.69) is 21.2 Å². The Bertz CT molecular complexity index is 636. The summed E-state index contributed by atoms with van der Waals surface area (Å²) in [4.78, 5) is 22.9. The fraction of sp³-hybridized carbons (Fsp3) is 0. The number of carboxylic acid groups (broad SMARTS) is 1. The molecule has 1 amide bonds. The van der Waals surface area contributed by atoms with Gasteiger partial charge in [-0.25, -0.2) is 4.79 Å². The molecule has 1 heterocycles. The number of anilines is 1. The fourth-order valence-electron chi connectivity index (χ4n) is 1.39. The van der Waals surface area contributed by atoms with Crippen LogP contribution in [0.1, 0.15) is 20.0 Å². The van der Waals surface area contributed by atoms with Crippen molar-refractivity contribution in [2.45, 2.75) is 0 Å². The summed E-state index contributed by atoms with van der Waals surface area (Å²) in [5.74, 6) is -1.36. The third-order valence-corrected chi connectivity index (χ3v) is 3.84. The number of aromatic carboxylic acids is 1. The summed E-state index contributed by atoms with van der Waals surface area (Å²) in [5.41, 5.74) is 0.393. The van der Waals surface area contributed by atoms with E-state index in [-0.39, 0.29) is 10.8 Å². The molecule has 2 rings (SSSR count). The van der Waals surface area contributed by atoms with Gasteiger partial charge in [-0.2, -0.15) is 0 Å². The lowest BCUT2D eigenvalue weighted by Gasteiger charge is -2.03. The van der Waals surface area contributed by atoms with Crippen LogP contribution >= 0.6 is 38.9 Å². The molecule has 0 aliphatic heterocycles. The fourth-order valence-corrected chi connectivity index (χ4v) is 2.99. The van der Waals surface area contributed by atoms with Gasteiger partial charge in [-0.05, 0) is 30.3 Å². The molecule has 0 unspecified atom stereocenters. The molecule has 2 aromatic rings. The van der Waals surface area contributed by atoms with E-state index in [0.29, 0.717) is 20.1 Å². The molecule has 0 aliphatic rings. The van der Waals surface area contributed by atoms with Gasteiger partial charge in [-0.3, -0.25) is 4.79 Å². The monoisotopic (exact) mass is 359 g/mol. The zero-order valence-electron chi connectivity index (χ0n) is 9.31. The van der Waals surface area contributed by atoms with Crippen molar-refractivity contribution < 1.29 is 14.7 Å². The molecule has 98 valence electrons. The maximum atomic E-state index is 12.0. The molecule has 1 aromatic carbocycles. The Kier molecular flexibility index (Phi) is 4.24. The highest BCUT2D eigenvalue weighted by molar-refractivity contribution is 9.10. The van der Waals surface area contributed by atoms with E-state index < -0.39 is 5.97 Å². The van der Waals surface area contributed by atoms with E-state index in [1.165, 1.54) is 12.1 Å². The van der Waals surface area contributed by atoms with E-state index >= 15 is 0 Å². The second kappa shape index (κ2) is 5.73. The second-order valence-corrected chi connectivity index (χ2v) is 6.02. The van der Waals surface area contributed by atoms with Gasteiger partial charge in [0.15, 0.2) is 0 Å². The van der Waals surface area contributed by atoms with Crippen LogP contribution in [0.4, 0.5) is 5.00 Å². The van der Waals surface area contributed by atoms with Crippen molar-refractivity contribution in [2.75, 3.05) is 5.32 Å². The van der Waals surface area contributed by atoms with Crippen LogP contribution in [-0.2, 0) is 0 Å². The second-order valence-electron chi connectivity index (χ2n) is 3.58. The van der Waals surface area contributed by atoms with Gasteiger partial charge < -0.3 is 10.4 Å². The molecule has 2 N–H and O–H groups in total. The van der Waals surface area contributed by atoms with Gasteiger partial charge in [-0.15, -0.1) is 11.3 Å². The van der Waals surface area contributed by atoms with Crippen LogP contribution < -0.4 is 5.32 Å². The number of halogens is 2. The topological polar surface area (TPSA) is 66.4 Å². The molecule has 0 atom stereocenters. The molecular formula is C12H7BrClNO3S. The Morgan fingerprint density at radius 1 is 1.26 bits per heavy atom. The first kappa shape index (κ1) is 14.0. The zero-order chi connectivity index (χ0) is 14.0. The third kappa shape index (κ3) is 3.56. The predicted octanol–water partition coefficient (Wildman–Crippen LogP) is 4.11. The van der Waals surface area contributed by atoms with Crippen LogP contribution in [0.15, 0.2) is 34.8 Å². The molecule has 0 radical (unpaired) electrons. The molecule has 7 heteroatoms. The third-order valence-electron chi connectivity index (χ3n) is 2.18. The minimum absolute atomic E-state index is 0.169. The summed E-state index contributed by atoms with van der Waals surface area (Å²) < 4.78 is 0.697. The zero-order valence-corrected chi connectivity index (χ0v) is 12.5. The molecule has 19 heavy (non-hydrogen) atoms. The summed E-state index contributed by atoms with van der Waals surface area (Å²) in [5, 5.41) is 12.3. The number of thiophene rings is 1. The quantitative estimate of drug-likeness (QED) is 0.865. The van der Waals surface area contributed by atoms with Crippen molar-refractivity contribution in [1.29, 1.82) is 0 Å². The summed E-state index contributed by atoms with van der Waals surface area (Å²) in [6.07, 6.45) is 0. The van der Waals surface area contributed by atoms with Gasteiger partial charge >= 0.3 is 5.97 Å². The molecule has 0 fully saturated rings. The Labute approximate surface area is 126 Å². The highest BCUT2D eigenvalue weighted by Gasteiger charge is 2.11. The van der Waals surface area contributed by atoms with Gasteiger partial charge in [0, 0.05) is 15.1 Å². The Balaban J connectivity index is 2.18. The molecule has 0 saturated heterocycles. The van der Waals surface area contributed by atoms with Crippen molar-refractivity contribution in [2.24, 2.45) is 0 Å². The summed E-state index contributed by atoms with van der Waals surface area (Å²) in [7, 11) is 0. The molecular weight excluding hydrogens is 354 g/mol. The summed E-state index contributed by atoms with van der Waals surface area (Å²) >= 11 is 10.1. The van der Waals surface area contributed by atoms with Crippen molar-refractivity contribution in [1.82, 2.24) is 0 Å². The normalized spacial score (nSPS) is 10.2. The molecule has 0 spiro atoms. The standard InChI is InChI=1S/C12H7BrClNO3S/c13-7-3-6(4-8(14)5-7)11(16)15-10-2-1-9(19-10)12(17)18/h1-5H,(H,15,16)(H,17,18). The number of hydrogen-bond acceptors (Lipinski definition) is 3. The van der Waals surface area contributed by atoms with Crippen molar-refractivity contribution in [3.05, 3.63) is 50.3 Å². The van der Waals surface area contributed by atoms with E-state index in [0.717, 1.165) is 11.3 Å². The molecule has 1 aromatic heterocycles. The lowest BCUT2D eigenvalue weighted by molar-refractivity contribution is 0.0702. The first-order chi connectivity index (χ1) is 8.95. The Morgan fingerprint density at radius 3 is 2.58 bits per heavy atom. The molecule has 0 aliphatic carbocycles. The van der Waals surface area contributed by atoms with Gasteiger partial charge in [0.05, 0.1) is 5.00 Å². The number of carbonyl (C=O) groups is 2. The largest absolute Gasteiger partial charge is 0.477 e. The van der Waals surface area contributed by atoms with Crippen molar-refractivity contribution in [3.8, 4) is 0 Å². The van der Waals surface area contributed by atoms with E-state index in [4.69, 9.17) is 16.7 Å².